The molecule has 0 unspecified atom stereocenters. The first-order valence-corrected chi connectivity index (χ1v) is 9.16. The molecule has 0 aromatic heterocycles. The van der Waals surface area contributed by atoms with Crippen molar-refractivity contribution < 1.29 is 4.74 Å². The molecular weight excluding hydrogens is 246 g/mol. The van der Waals surface area contributed by atoms with Crippen LogP contribution in [0.25, 0.3) is 0 Å². The van der Waals surface area contributed by atoms with Crippen molar-refractivity contribution in [3.63, 3.8) is 0 Å². The van der Waals surface area contributed by atoms with Gasteiger partial charge < -0.3 is 10.1 Å². The summed E-state index contributed by atoms with van der Waals surface area (Å²) in [5.41, 5.74) is 0.149. The van der Waals surface area contributed by atoms with Crippen molar-refractivity contribution in [3.8, 4) is 0 Å². The fourth-order valence-electron chi connectivity index (χ4n) is 4.01. The van der Waals surface area contributed by atoms with E-state index in [1.165, 1.54) is 70.6 Å². The third-order valence-electron chi connectivity index (χ3n) is 5.51. The Bertz CT molecular complexity index is 250. The van der Waals surface area contributed by atoms with Gasteiger partial charge in [0.25, 0.3) is 0 Å². The lowest BCUT2D eigenvalue weighted by atomic mass is 9.77. The molecule has 0 amide bonds. The van der Waals surface area contributed by atoms with E-state index < -0.39 is 0 Å². The minimum atomic E-state index is 0.149. The fraction of sp³-hybridized carbons (Fsp3) is 1.00. The van der Waals surface area contributed by atoms with Crippen LogP contribution in [-0.2, 0) is 4.74 Å². The molecule has 2 aliphatic rings. The lowest BCUT2D eigenvalue weighted by Crippen LogP contribution is -2.48. The first-order chi connectivity index (χ1) is 9.78. The minimum absolute atomic E-state index is 0.149. The maximum absolute atomic E-state index is 6.73. The van der Waals surface area contributed by atoms with Gasteiger partial charge in [0.1, 0.15) is 0 Å². The molecule has 2 aliphatic carbocycles. The third-order valence-corrected chi connectivity index (χ3v) is 5.51. The van der Waals surface area contributed by atoms with Crippen LogP contribution in [0.2, 0.25) is 0 Å². The van der Waals surface area contributed by atoms with Crippen molar-refractivity contribution in [1.29, 1.82) is 0 Å². The Hall–Kier alpha value is -0.0800. The van der Waals surface area contributed by atoms with Gasteiger partial charge in [-0.25, -0.2) is 0 Å². The third kappa shape index (κ3) is 4.73. The van der Waals surface area contributed by atoms with Gasteiger partial charge in [0, 0.05) is 6.54 Å². The lowest BCUT2D eigenvalue weighted by Gasteiger charge is -2.42. The molecule has 0 bridgehead atoms. The zero-order chi connectivity index (χ0) is 14.3. The molecule has 0 radical (unpaired) electrons. The van der Waals surface area contributed by atoms with Crippen LogP contribution in [0.15, 0.2) is 0 Å². The Morgan fingerprint density at radius 3 is 2.15 bits per heavy atom. The van der Waals surface area contributed by atoms with E-state index in [4.69, 9.17) is 4.74 Å². The number of nitrogens with one attached hydrogen (secondary N) is 1. The molecule has 2 saturated carbocycles. The topological polar surface area (TPSA) is 21.3 Å². The molecule has 0 aromatic carbocycles. The summed E-state index contributed by atoms with van der Waals surface area (Å²) >= 11 is 0. The number of hydrogen-bond acceptors (Lipinski definition) is 2. The second-order valence-electron chi connectivity index (χ2n) is 7.05. The van der Waals surface area contributed by atoms with E-state index in [2.05, 4.69) is 19.2 Å². The average Bonchev–Trinajstić information content (AvgIpc) is 2.75. The van der Waals surface area contributed by atoms with Gasteiger partial charge in [0.2, 0.25) is 0 Å². The molecule has 2 nitrogen and oxygen atoms in total. The highest BCUT2D eigenvalue weighted by Gasteiger charge is 2.37. The van der Waals surface area contributed by atoms with Crippen LogP contribution in [0.3, 0.4) is 0 Å². The summed E-state index contributed by atoms with van der Waals surface area (Å²) in [5, 5.41) is 3.57. The second kappa shape index (κ2) is 8.38. The fourth-order valence-corrected chi connectivity index (χ4v) is 4.01. The number of likely N-dealkylation sites (N-methyl/N-ethyl adjacent to an activating group) is 1. The molecule has 0 atom stereocenters. The van der Waals surface area contributed by atoms with Crippen molar-refractivity contribution in [2.24, 2.45) is 5.92 Å². The summed E-state index contributed by atoms with van der Waals surface area (Å²) in [6.45, 7) is 6.68. The van der Waals surface area contributed by atoms with E-state index in [1.807, 2.05) is 0 Å². The van der Waals surface area contributed by atoms with Crippen LogP contribution in [0.4, 0.5) is 0 Å². The molecule has 1 N–H and O–H groups in total. The molecule has 0 spiro atoms. The van der Waals surface area contributed by atoms with Crippen LogP contribution in [0, 0.1) is 5.92 Å². The van der Waals surface area contributed by atoms with Gasteiger partial charge in [-0.2, -0.15) is 0 Å². The first-order valence-electron chi connectivity index (χ1n) is 9.16. The zero-order valence-corrected chi connectivity index (χ0v) is 13.8. The van der Waals surface area contributed by atoms with E-state index in [-0.39, 0.29) is 5.60 Å². The standard InChI is InChI=1S/C18H35NO/c1-3-16-11-13-18(14-12-16,15-19-4-2)20-17-9-7-5-6-8-10-17/h16-17,19H,3-15H2,1-2H3. The lowest BCUT2D eigenvalue weighted by molar-refractivity contribution is -0.121. The Labute approximate surface area is 126 Å². The molecule has 0 heterocycles. The van der Waals surface area contributed by atoms with Gasteiger partial charge in [0.05, 0.1) is 11.7 Å². The van der Waals surface area contributed by atoms with Gasteiger partial charge in [-0.3, -0.25) is 0 Å². The molecule has 20 heavy (non-hydrogen) atoms. The Morgan fingerprint density at radius 2 is 1.60 bits per heavy atom. The van der Waals surface area contributed by atoms with E-state index in [9.17, 15) is 0 Å². The largest absolute Gasteiger partial charge is 0.370 e. The second-order valence-corrected chi connectivity index (χ2v) is 7.05. The number of rotatable bonds is 6. The summed E-state index contributed by atoms with van der Waals surface area (Å²) in [6, 6.07) is 0. The summed E-state index contributed by atoms with van der Waals surface area (Å²) in [7, 11) is 0. The highest BCUT2D eigenvalue weighted by Crippen LogP contribution is 2.38. The molecule has 0 saturated heterocycles. The highest BCUT2D eigenvalue weighted by atomic mass is 16.5. The maximum atomic E-state index is 6.73. The van der Waals surface area contributed by atoms with Crippen molar-refractivity contribution in [2.45, 2.75) is 96.2 Å². The predicted molar refractivity (Wildman–Crippen MR) is 86.1 cm³/mol. The molecule has 2 heteroatoms. The van der Waals surface area contributed by atoms with Gasteiger partial charge in [-0.15, -0.1) is 0 Å². The SMILES string of the molecule is CCNCC1(OC2CCCCCC2)CCC(CC)CC1. The monoisotopic (exact) mass is 281 g/mol. The van der Waals surface area contributed by atoms with Crippen LogP contribution < -0.4 is 5.32 Å². The molecule has 0 aliphatic heterocycles. The van der Waals surface area contributed by atoms with Crippen LogP contribution in [-0.4, -0.2) is 24.8 Å². The van der Waals surface area contributed by atoms with Crippen molar-refractivity contribution >= 4 is 0 Å². The number of ether oxygens (including phenoxy) is 1. The average molecular weight is 281 g/mol. The number of hydrogen-bond donors (Lipinski definition) is 1. The maximum Gasteiger partial charge on any atom is 0.0810 e. The van der Waals surface area contributed by atoms with Gasteiger partial charge in [-0.05, 0) is 51.0 Å². The van der Waals surface area contributed by atoms with Gasteiger partial charge >= 0.3 is 0 Å². The predicted octanol–water partition coefficient (Wildman–Crippen LogP) is 4.67. The normalized spacial score (nSPS) is 33.0. The van der Waals surface area contributed by atoms with Crippen LogP contribution >= 0.6 is 0 Å². The molecule has 118 valence electrons. The quantitative estimate of drug-likeness (QED) is 0.714. The van der Waals surface area contributed by atoms with Crippen molar-refractivity contribution in [3.05, 3.63) is 0 Å². The molecule has 0 aromatic rings. The minimum Gasteiger partial charge on any atom is -0.370 e. The van der Waals surface area contributed by atoms with Crippen LogP contribution in [0.5, 0.6) is 0 Å². The van der Waals surface area contributed by atoms with Gasteiger partial charge in [0.15, 0.2) is 0 Å². The smallest absolute Gasteiger partial charge is 0.0810 e. The van der Waals surface area contributed by atoms with E-state index in [1.54, 1.807) is 0 Å². The summed E-state index contributed by atoms with van der Waals surface area (Å²) in [5.74, 6) is 0.947. The summed E-state index contributed by atoms with van der Waals surface area (Å²) in [4.78, 5) is 0. The molecular formula is C18H35NO. The van der Waals surface area contributed by atoms with Crippen LogP contribution in [0.1, 0.15) is 84.5 Å². The van der Waals surface area contributed by atoms with E-state index in [0.29, 0.717) is 6.10 Å². The van der Waals surface area contributed by atoms with Crippen molar-refractivity contribution in [1.82, 2.24) is 5.32 Å². The highest BCUT2D eigenvalue weighted by molar-refractivity contribution is 4.90. The van der Waals surface area contributed by atoms with E-state index in [0.717, 1.165) is 19.0 Å². The molecule has 2 rings (SSSR count). The van der Waals surface area contributed by atoms with Crippen molar-refractivity contribution in [2.75, 3.05) is 13.1 Å². The Kier molecular flexibility index (Phi) is 6.83. The summed E-state index contributed by atoms with van der Waals surface area (Å²) in [6.07, 6.45) is 15.3. The molecule has 2 fully saturated rings. The van der Waals surface area contributed by atoms with Gasteiger partial charge in [-0.1, -0.05) is 46.0 Å². The zero-order valence-electron chi connectivity index (χ0n) is 13.8. The van der Waals surface area contributed by atoms with E-state index >= 15 is 0 Å². The summed E-state index contributed by atoms with van der Waals surface area (Å²) < 4.78 is 6.73. The Morgan fingerprint density at radius 1 is 0.950 bits per heavy atom. The Balaban J connectivity index is 1.91. The first kappa shape index (κ1) is 16.3.